The Morgan fingerprint density at radius 2 is 1.92 bits per heavy atom. The molecule has 0 atom stereocenters. The molecule has 0 unspecified atom stereocenters. The van der Waals surface area contributed by atoms with Crippen LogP contribution in [-0.2, 0) is 4.79 Å². The van der Waals surface area contributed by atoms with Crippen LogP contribution in [0.15, 0.2) is 75.0 Å². The molecule has 3 aromatic carbocycles. The van der Waals surface area contributed by atoms with Gasteiger partial charge in [0.05, 0.1) is 39.8 Å². The van der Waals surface area contributed by atoms with Crippen LogP contribution in [0.25, 0.3) is 33.5 Å². The zero-order valence-corrected chi connectivity index (χ0v) is 23.2. The van der Waals surface area contributed by atoms with Crippen LogP contribution in [0.1, 0.15) is 12.5 Å². The number of benzene rings is 3. The van der Waals surface area contributed by atoms with E-state index in [1.807, 2.05) is 31.2 Å². The number of nitrogens with zero attached hydrogens (tertiary/aromatic N) is 3. The molecule has 198 valence electrons. The Balaban J connectivity index is 1.64. The molecule has 0 aliphatic carbocycles. The quantitative estimate of drug-likeness (QED) is 0.185. The lowest BCUT2D eigenvalue weighted by atomic mass is 10.2. The monoisotopic (exact) mass is 638 g/mol. The van der Waals surface area contributed by atoms with Crippen molar-refractivity contribution in [3.63, 3.8) is 0 Å². The van der Waals surface area contributed by atoms with Crippen molar-refractivity contribution in [2.45, 2.75) is 6.92 Å². The number of hydrogen-bond donors (Lipinski definition) is 1. The maximum absolute atomic E-state index is 13.6. The highest BCUT2D eigenvalue weighted by atomic mass is 127. The molecule has 5 aromatic rings. The van der Waals surface area contributed by atoms with E-state index >= 15 is 0 Å². The number of aromatic nitrogens is 2. The topological polar surface area (TPSA) is 131 Å². The van der Waals surface area contributed by atoms with Gasteiger partial charge in [0, 0.05) is 0 Å². The van der Waals surface area contributed by atoms with Gasteiger partial charge in [-0.2, -0.15) is 9.78 Å². The number of para-hydroxylation sites is 1. The molecule has 0 fully saturated rings. The molecule has 1 amide bonds. The Kier molecular flexibility index (Phi) is 7.50. The number of amides is 1. The van der Waals surface area contributed by atoms with Crippen LogP contribution in [0.5, 0.6) is 17.2 Å². The van der Waals surface area contributed by atoms with E-state index in [0.717, 1.165) is 5.39 Å². The van der Waals surface area contributed by atoms with Gasteiger partial charge in [-0.15, -0.1) is 0 Å². The summed E-state index contributed by atoms with van der Waals surface area (Å²) in [5, 5.41) is 5.67. The van der Waals surface area contributed by atoms with E-state index < -0.39 is 5.91 Å². The summed E-state index contributed by atoms with van der Waals surface area (Å²) in [7, 11) is 1.58. The van der Waals surface area contributed by atoms with E-state index in [1.165, 1.54) is 10.9 Å². The fourth-order valence-corrected chi connectivity index (χ4v) is 4.83. The minimum atomic E-state index is -0.599. The van der Waals surface area contributed by atoms with Crippen LogP contribution < -0.4 is 25.5 Å². The average Bonchev–Trinajstić information content (AvgIpc) is 3.36. The number of fused-ring (bicyclic) bond motifs is 2. The van der Waals surface area contributed by atoms with Crippen molar-refractivity contribution in [3.05, 3.63) is 80.2 Å². The third-order valence-corrected chi connectivity index (χ3v) is 6.53. The number of ether oxygens (including phenoxy) is 3. The van der Waals surface area contributed by atoms with Crippen LogP contribution in [0, 0.1) is 3.57 Å². The van der Waals surface area contributed by atoms with Gasteiger partial charge in [0.25, 0.3) is 11.5 Å². The second-order valence-corrected chi connectivity index (χ2v) is 9.48. The lowest BCUT2D eigenvalue weighted by Crippen LogP contribution is -2.21. The van der Waals surface area contributed by atoms with E-state index in [1.54, 1.807) is 43.5 Å². The molecule has 39 heavy (non-hydrogen) atoms. The predicted molar refractivity (Wildman–Crippen MR) is 156 cm³/mol. The number of carbonyl (C=O) groups excluding carboxylic acids is 1. The van der Waals surface area contributed by atoms with Gasteiger partial charge < -0.3 is 24.4 Å². The molecule has 0 saturated carbocycles. The third kappa shape index (κ3) is 5.30. The summed E-state index contributed by atoms with van der Waals surface area (Å²) >= 11 is 2.07. The lowest BCUT2D eigenvalue weighted by Gasteiger charge is -2.13. The average molecular weight is 638 g/mol. The first-order chi connectivity index (χ1) is 18.9. The van der Waals surface area contributed by atoms with Crippen LogP contribution >= 0.6 is 22.6 Å². The van der Waals surface area contributed by atoms with Crippen molar-refractivity contribution in [1.29, 1.82) is 0 Å². The zero-order valence-electron chi connectivity index (χ0n) is 21.0. The number of furan rings is 1. The summed E-state index contributed by atoms with van der Waals surface area (Å²) in [5.41, 5.74) is 6.60. The standard InChI is InChI=1S/C28H23IN4O6/c1-3-37-23-12-16(11-19(29)26(23)38-15-25(30)34)14-31-33-27(32-20-8-5-4-7-17(20)28(33)35)24-13-18-21(36-2)9-6-10-22(18)39-24/h4-14H,3,15H2,1-2H3,(H2,30,34). The van der Waals surface area contributed by atoms with Crippen LogP contribution in [0.2, 0.25) is 0 Å². The number of primary amides is 1. The first kappa shape index (κ1) is 26.2. The second-order valence-electron chi connectivity index (χ2n) is 8.31. The maximum atomic E-state index is 13.6. The molecule has 0 aliphatic heterocycles. The summed E-state index contributed by atoms with van der Waals surface area (Å²) < 4.78 is 24.7. The Bertz CT molecular complexity index is 1790. The van der Waals surface area contributed by atoms with E-state index in [-0.39, 0.29) is 18.0 Å². The number of carbonyl (C=O) groups is 1. The predicted octanol–water partition coefficient (Wildman–Crippen LogP) is 4.57. The minimum absolute atomic E-state index is 0.231. The van der Waals surface area contributed by atoms with Crippen LogP contribution in [0.3, 0.4) is 0 Å². The first-order valence-electron chi connectivity index (χ1n) is 11.9. The van der Waals surface area contributed by atoms with Crippen LogP contribution in [-0.4, -0.2) is 42.1 Å². The molecule has 10 nitrogen and oxygen atoms in total. The molecule has 0 bridgehead atoms. The molecule has 2 N–H and O–H groups in total. The molecule has 11 heteroatoms. The van der Waals surface area contributed by atoms with E-state index in [9.17, 15) is 9.59 Å². The molecule has 0 aliphatic rings. The number of hydrogen-bond acceptors (Lipinski definition) is 8. The molecular formula is C28H23IN4O6. The van der Waals surface area contributed by atoms with Gasteiger partial charge in [-0.25, -0.2) is 4.98 Å². The summed E-state index contributed by atoms with van der Waals surface area (Å²) in [4.78, 5) is 29.5. The van der Waals surface area contributed by atoms with E-state index in [0.29, 0.717) is 55.2 Å². The number of nitrogens with two attached hydrogens (primary N) is 1. The Morgan fingerprint density at radius 1 is 1.10 bits per heavy atom. The molecular weight excluding hydrogens is 615 g/mol. The zero-order chi connectivity index (χ0) is 27.5. The highest BCUT2D eigenvalue weighted by Crippen LogP contribution is 2.35. The summed E-state index contributed by atoms with van der Waals surface area (Å²) in [5.74, 6) is 1.44. The smallest absolute Gasteiger partial charge is 0.282 e. The highest BCUT2D eigenvalue weighted by molar-refractivity contribution is 14.1. The van der Waals surface area contributed by atoms with Gasteiger partial charge in [-0.1, -0.05) is 18.2 Å². The summed E-state index contributed by atoms with van der Waals surface area (Å²) in [6, 6.07) is 17.8. The van der Waals surface area contributed by atoms with Crippen molar-refractivity contribution in [3.8, 4) is 28.8 Å². The SMILES string of the molecule is CCOc1cc(C=Nn2c(-c3cc4c(OC)cccc4o3)nc3ccccc3c2=O)cc(I)c1OCC(N)=O. The van der Waals surface area contributed by atoms with Crippen molar-refractivity contribution in [2.75, 3.05) is 20.3 Å². The first-order valence-corrected chi connectivity index (χ1v) is 13.0. The van der Waals surface area contributed by atoms with Gasteiger partial charge >= 0.3 is 0 Å². The molecule has 0 spiro atoms. The maximum Gasteiger partial charge on any atom is 0.282 e. The Morgan fingerprint density at radius 3 is 2.69 bits per heavy atom. The lowest BCUT2D eigenvalue weighted by molar-refractivity contribution is -0.119. The van der Waals surface area contributed by atoms with Crippen molar-refractivity contribution in [1.82, 2.24) is 9.66 Å². The molecule has 0 saturated heterocycles. The van der Waals surface area contributed by atoms with E-state index in [2.05, 4.69) is 27.7 Å². The van der Waals surface area contributed by atoms with Gasteiger partial charge in [-0.3, -0.25) is 9.59 Å². The fourth-order valence-electron chi connectivity index (χ4n) is 4.05. The van der Waals surface area contributed by atoms with E-state index in [4.69, 9.17) is 29.3 Å². The number of rotatable bonds is 9. The summed E-state index contributed by atoms with van der Waals surface area (Å²) in [6.45, 7) is 1.92. The number of methoxy groups -OCH3 is 1. The third-order valence-electron chi connectivity index (χ3n) is 5.73. The van der Waals surface area contributed by atoms with Crippen molar-refractivity contribution in [2.24, 2.45) is 10.8 Å². The molecule has 0 radical (unpaired) electrons. The fraction of sp³-hybridized carbons (Fsp3) is 0.143. The van der Waals surface area contributed by atoms with Crippen molar-refractivity contribution < 1.29 is 23.4 Å². The normalized spacial score (nSPS) is 11.4. The van der Waals surface area contributed by atoms with Gasteiger partial charge in [0.1, 0.15) is 11.3 Å². The Labute approximate surface area is 236 Å². The second kappa shape index (κ2) is 11.2. The van der Waals surface area contributed by atoms with Gasteiger partial charge in [0.2, 0.25) is 5.82 Å². The number of halogens is 1. The van der Waals surface area contributed by atoms with Crippen molar-refractivity contribution >= 4 is 56.6 Å². The summed E-state index contributed by atoms with van der Waals surface area (Å²) in [6.07, 6.45) is 1.52. The molecule has 2 aromatic heterocycles. The highest BCUT2D eigenvalue weighted by Gasteiger charge is 2.18. The Hall–Kier alpha value is -4.39. The van der Waals surface area contributed by atoms with Gasteiger partial charge in [0.15, 0.2) is 23.9 Å². The largest absolute Gasteiger partial charge is 0.496 e. The molecule has 5 rings (SSSR count). The van der Waals surface area contributed by atoms with Gasteiger partial charge in [-0.05, 0) is 77.5 Å². The van der Waals surface area contributed by atoms with Crippen LogP contribution in [0.4, 0.5) is 0 Å². The molecule has 2 heterocycles. The minimum Gasteiger partial charge on any atom is -0.496 e.